The molecule has 1 aliphatic heterocycles. The molecule has 2 N–H and O–H groups in total. The van der Waals surface area contributed by atoms with Crippen molar-refractivity contribution in [2.75, 3.05) is 91.4 Å². The number of carbonyl (C=O) groups is 1. The maximum absolute atomic E-state index is 13.6. The van der Waals surface area contributed by atoms with Crippen LogP contribution in [0.1, 0.15) is 104 Å². The van der Waals surface area contributed by atoms with E-state index in [4.69, 9.17) is 13.8 Å². The zero-order chi connectivity index (χ0) is 37.2. The summed E-state index contributed by atoms with van der Waals surface area (Å²) in [6.07, 6.45) is -0.694. The molecule has 1 unspecified atom stereocenters. The number of carbonyl (C=O) groups excluding carboxylic acids is 1. The lowest BCUT2D eigenvalue weighted by Crippen LogP contribution is -2.50. The second-order valence-electron chi connectivity index (χ2n) is 19.1. The van der Waals surface area contributed by atoms with E-state index in [9.17, 15) is 14.5 Å². The topological polar surface area (TPSA) is 107 Å². The Kier molecular flexibility index (Phi) is 17.7. The van der Waals surface area contributed by atoms with Gasteiger partial charge in [-0.25, -0.2) is 0 Å². The van der Waals surface area contributed by atoms with Crippen LogP contribution in [0.5, 0.6) is 0 Å². The normalized spacial score (nSPS) is 19.5. The zero-order valence-electron chi connectivity index (χ0n) is 33.7. The van der Waals surface area contributed by atoms with Crippen molar-refractivity contribution in [3.8, 4) is 0 Å². The van der Waals surface area contributed by atoms with Gasteiger partial charge in [-0.1, -0.05) is 41.5 Å². The fourth-order valence-corrected chi connectivity index (χ4v) is 8.02. The van der Waals surface area contributed by atoms with Gasteiger partial charge in [0.25, 0.3) is 0 Å². The van der Waals surface area contributed by atoms with E-state index in [0.29, 0.717) is 19.6 Å². The van der Waals surface area contributed by atoms with Gasteiger partial charge in [-0.3, -0.25) is 19.2 Å². The second kappa shape index (κ2) is 18.7. The summed E-state index contributed by atoms with van der Waals surface area (Å²) in [5.41, 5.74) is -1.51. The SMILES string of the molecule is CC(C)(C)CN1CCN(CC(=O)OC(C)(C)C)CCN(CC(O)CNCP(=O)(OC(C)(C)C)OC(C)(C)C)CCN(CC(C)(C)C)CC1. The number of aliphatic hydroxyl groups excluding tert-OH is 1. The van der Waals surface area contributed by atoms with E-state index < -0.39 is 30.5 Å². The Morgan fingerprint density at radius 3 is 1.38 bits per heavy atom. The van der Waals surface area contributed by atoms with E-state index in [-0.39, 0.29) is 36.2 Å². The highest BCUT2D eigenvalue weighted by Gasteiger charge is 2.35. The number of hydrogen-bond acceptors (Lipinski definition) is 11. The number of hydrogen-bond donors (Lipinski definition) is 2. The first-order valence-corrected chi connectivity index (χ1v) is 19.7. The van der Waals surface area contributed by atoms with Crippen LogP contribution >= 0.6 is 7.60 Å². The van der Waals surface area contributed by atoms with Crippen molar-refractivity contribution in [3.05, 3.63) is 0 Å². The summed E-state index contributed by atoms with van der Waals surface area (Å²) in [6, 6.07) is 0. The van der Waals surface area contributed by atoms with Gasteiger partial charge in [-0.15, -0.1) is 0 Å². The van der Waals surface area contributed by atoms with Crippen LogP contribution in [0.4, 0.5) is 0 Å². The lowest BCUT2D eigenvalue weighted by atomic mass is 9.95. The fraction of sp³-hybridized carbons (Fsp3) is 0.972. The lowest BCUT2D eigenvalue weighted by molar-refractivity contribution is -0.156. The Morgan fingerprint density at radius 1 is 0.646 bits per heavy atom. The average molecular weight is 706 g/mol. The minimum Gasteiger partial charge on any atom is -0.459 e. The van der Waals surface area contributed by atoms with E-state index in [1.807, 2.05) is 62.3 Å². The monoisotopic (exact) mass is 706 g/mol. The van der Waals surface area contributed by atoms with Crippen LogP contribution in [0.2, 0.25) is 0 Å². The molecule has 0 spiro atoms. The van der Waals surface area contributed by atoms with Gasteiger partial charge in [0.2, 0.25) is 0 Å². The Balaban J connectivity index is 3.13. The van der Waals surface area contributed by atoms with Gasteiger partial charge < -0.3 is 34.0 Å². The molecule has 12 heteroatoms. The second-order valence-corrected chi connectivity index (χ2v) is 21.0. The van der Waals surface area contributed by atoms with E-state index in [0.717, 1.165) is 52.4 Å². The molecular formula is C36H76N5O6P. The molecular weight excluding hydrogens is 629 g/mol. The highest BCUT2D eigenvalue weighted by Crippen LogP contribution is 2.53. The smallest absolute Gasteiger partial charge is 0.345 e. The summed E-state index contributed by atoms with van der Waals surface area (Å²) in [5.74, 6) is -0.219. The number of nitrogens with zero attached hydrogens (tertiary/aromatic N) is 4. The van der Waals surface area contributed by atoms with Gasteiger partial charge in [0.15, 0.2) is 0 Å². The molecule has 1 atom stereocenters. The van der Waals surface area contributed by atoms with Gasteiger partial charge in [-0.05, 0) is 73.1 Å². The predicted octanol–water partition coefficient (Wildman–Crippen LogP) is 5.37. The van der Waals surface area contributed by atoms with Crippen LogP contribution in [0.25, 0.3) is 0 Å². The third kappa shape index (κ3) is 23.7. The van der Waals surface area contributed by atoms with E-state index >= 15 is 0 Å². The predicted molar refractivity (Wildman–Crippen MR) is 199 cm³/mol. The summed E-state index contributed by atoms with van der Waals surface area (Å²) >= 11 is 0. The van der Waals surface area contributed by atoms with Crippen LogP contribution < -0.4 is 5.32 Å². The zero-order valence-corrected chi connectivity index (χ0v) is 34.6. The summed E-state index contributed by atoms with van der Waals surface area (Å²) in [6.45, 7) is 39.9. The number of nitrogens with one attached hydrogen (secondary N) is 1. The van der Waals surface area contributed by atoms with Crippen LogP contribution in [0.15, 0.2) is 0 Å². The van der Waals surface area contributed by atoms with Crippen molar-refractivity contribution in [2.24, 2.45) is 10.8 Å². The van der Waals surface area contributed by atoms with Crippen LogP contribution in [0, 0.1) is 10.8 Å². The van der Waals surface area contributed by atoms with Crippen LogP contribution in [-0.4, -0.2) is 145 Å². The number of ether oxygens (including phenoxy) is 1. The maximum atomic E-state index is 13.6. The number of esters is 1. The molecule has 286 valence electrons. The highest BCUT2D eigenvalue weighted by molar-refractivity contribution is 7.53. The summed E-state index contributed by atoms with van der Waals surface area (Å²) in [7, 11) is -3.47. The Morgan fingerprint density at radius 2 is 1.02 bits per heavy atom. The molecule has 0 aromatic heterocycles. The van der Waals surface area contributed by atoms with Gasteiger partial charge in [0, 0.05) is 78.5 Å². The average Bonchev–Trinajstić information content (AvgIpc) is 2.80. The maximum Gasteiger partial charge on any atom is 0.345 e. The highest BCUT2D eigenvalue weighted by atomic mass is 31.2. The molecule has 1 saturated heterocycles. The van der Waals surface area contributed by atoms with Gasteiger partial charge >= 0.3 is 13.6 Å². The Hall–Kier alpha value is -0.620. The van der Waals surface area contributed by atoms with Gasteiger partial charge in [0.05, 0.1) is 30.1 Å². The number of rotatable bonds is 12. The molecule has 0 bridgehead atoms. The quantitative estimate of drug-likeness (QED) is 0.202. The molecule has 0 aliphatic carbocycles. The third-order valence-corrected chi connectivity index (χ3v) is 9.34. The Labute approximate surface area is 295 Å². The van der Waals surface area contributed by atoms with Crippen molar-refractivity contribution in [3.63, 3.8) is 0 Å². The van der Waals surface area contributed by atoms with E-state index in [1.54, 1.807) is 0 Å². The van der Waals surface area contributed by atoms with E-state index in [2.05, 4.69) is 66.5 Å². The molecule has 0 amide bonds. The molecule has 48 heavy (non-hydrogen) atoms. The standard InChI is InChI=1S/C36H76N5O6P/c1-32(2,3)27-40-20-18-38(25-30(42)24-37-29-48(44,46-35(10,11)12)47-36(13,14)15)16-17-39(26-31(43)45-34(7,8)9)19-21-41(23-22-40)28-33(4,5)6/h30,37,42H,16-29H2,1-15H3. The van der Waals surface area contributed by atoms with Crippen molar-refractivity contribution >= 4 is 13.6 Å². The molecule has 0 aromatic carbocycles. The lowest BCUT2D eigenvalue weighted by Gasteiger charge is -2.38. The van der Waals surface area contributed by atoms with Crippen molar-refractivity contribution < 1.29 is 28.3 Å². The van der Waals surface area contributed by atoms with Crippen molar-refractivity contribution in [1.29, 1.82) is 0 Å². The molecule has 0 saturated carbocycles. The first kappa shape index (κ1) is 45.4. The summed E-state index contributed by atoms with van der Waals surface area (Å²) in [4.78, 5) is 22.5. The number of aliphatic hydroxyl groups is 1. The minimum atomic E-state index is -3.47. The fourth-order valence-electron chi connectivity index (χ4n) is 5.78. The number of β-amino-alcohol motifs (C(OH)–C–C–N with tert-alkyl or cyclic N) is 1. The molecule has 0 radical (unpaired) electrons. The van der Waals surface area contributed by atoms with Crippen LogP contribution in [0.3, 0.4) is 0 Å². The first-order chi connectivity index (χ1) is 21.5. The molecule has 0 aromatic rings. The molecule has 11 nitrogen and oxygen atoms in total. The van der Waals surface area contributed by atoms with Gasteiger partial charge in [-0.2, -0.15) is 0 Å². The largest absolute Gasteiger partial charge is 0.459 e. The molecule has 1 heterocycles. The minimum absolute atomic E-state index is 0.00664. The molecule has 1 rings (SSSR count). The van der Waals surface area contributed by atoms with Crippen LogP contribution in [-0.2, 0) is 23.1 Å². The van der Waals surface area contributed by atoms with E-state index in [1.165, 1.54) is 0 Å². The van der Waals surface area contributed by atoms with Gasteiger partial charge in [0.1, 0.15) is 5.60 Å². The summed E-state index contributed by atoms with van der Waals surface area (Å²) < 4.78 is 31.1. The Bertz CT molecular complexity index is 973. The first-order valence-electron chi connectivity index (χ1n) is 18.0. The third-order valence-electron chi connectivity index (χ3n) is 7.08. The summed E-state index contributed by atoms with van der Waals surface area (Å²) in [5, 5.41) is 14.4. The van der Waals surface area contributed by atoms with Crippen molar-refractivity contribution in [1.82, 2.24) is 24.9 Å². The van der Waals surface area contributed by atoms with Crippen molar-refractivity contribution in [2.45, 2.75) is 127 Å². The molecule has 1 aliphatic rings. The molecule has 1 fully saturated rings.